The molecule has 3 rings (SSSR count). The highest BCUT2D eigenvalue weighted by Crippen LogP contribution is 2.40. The lowest BCUT2D eigenvalue weighted by Gasteiger charge is -2.38. The number of carbonyl (C=O) groups is 2. The van der Waals surface area contributed by atoms with E-state index in [2.05, 4.69) is 0 Å². The Hall–Kier alpha value is -2.28. The van der Waals surface area contributed by atoms with Crippen molar-refractivity contribution in [2.75, 3.05) is 27.4 Å². The third-order valence-electron chi connectivity index (χ3n) is 4.86. The number of hydrogen-bond donors (Lipinski definition) is 1. The van der Waals surface area contributed by atoms with Gasteiger partial charge in [0.25, 0.3) is 5.91 Å². The van der Waals surface area contributed by atoms with Crippen LogP contribution in [0.5, 0.6) is 11.5 Å². The second-order valence-corrected chi connectivity index (χ2v) is 6.30. The predicted molar refractivity (Wildman–Crippen MR) is 88.9 cm³/mol. The highest BCUT2D eigenvalue weighted by molar-refractivity contribution is 5.83. The molecular weight excluding hydrogens is 326 g/mol. The number of carboxylic acid groups (broad SMARTS) is 1. The van der Waals surface area contributed by atoms with Crippen molar-refractivity contribution in [3.8, 4) is 11.5 Å². The summed E-state index contributed by atoms with van der Waals surface area (Å²) in [6, 6.07) is 3.13. The van der Waals surface area contributed by atoms with Crippen LogP contribution in [0.2, 0.25) is 0 Å². The summed E-state index contributed by atoms with van der Waals surface area (Å²) in [5, 5.41) is 9.36. The van der Waals surface area contributed by atoms with Crippen LogP contribution in [-0.4, -0.2) is 55.4 Å². The van der Waals surface area contributed by atoms with E-state index >= 15 is 0 Å². The molecule has 2 atom stereocenters. The Bertz CT molecular complexity index is 668. The summed E-state index contributed by atoms with van der Waals surface area (Å²) in [5.74, 6) is 0.0687. The van der Waals surface area contributed by atoms with Crippen LogP contribution in [0.25, 0.3) is 0 Å². The van der Waals surface area contributed by atoms with Gasteiger partial charge in [0.05, 0.1) is 26.7 Å². The molecule has 7 heteroatoms. The standard InChI is InChI=1S/C18H23NO6/c1-23-15-8-11-5-6-19(18(22)14-4-3-7-25-14)13(10-17(20)21)12(11)9-16(15)24-2/h8-9,13-14H,3-7,10H2,1-2H3,(H,20,21)/t13-,14-/m0/s1. The molecule has 7 nitrogen and oxygen atoms in total. The number of carbonyl (C=O) groups excluding carboxylic acids is 1. The zero-order valence-electron chi connectivity index (χ0n) is 14.5. The molecule has 0 saturated carbocycles. The van der Waals surface area contributed by atoms with Crippen LogP contribution in [0.1, 0.15) is 36.4 Å². The molecule has 1 N–H and O–H groups in total. The van der Waals surface area contributed by atoms with E-state index in [-0.39, 0.29) is 12.3 Å². The lowest BCUT2D eigenvalue weighted by molar-refractivity contribution is -0.147. The largest absolute Gasteiger partial charge is 0.493 e. The monoisotopic (exact) mass is 349 g/mol. The molecule has 1 fully saturated rings. The maximum Gasteiger partial charge on any atom is 0.305 e. The summed E-state index contributed by atoms with van der Waals surface area (Å²) < 4.78 is 16.2. The molecule has 0 aliphatic carbocycles. The molecule has 136 valence electrons. The van der Waals surface area contributed by atoms with Gasteiger partial charge in [0.2, 0.25) is 0 Å². The van der Waals surface area contributed by atoms with Crippen molar-refractivity contribution in [1.82, 2.24) is 4.90 Å². The maximum atomic E-state index is 12.8. The Morgan fingerprint density at radius 1 is 1.28 bits per heavy atom. The normalized spacial score (nSPS) is 22.4. The fourth-order valence-corrected chi connectivity index (χ4v) is 3.63. The number of aliphatic carboxylic acids is 1. The fourth-order valence-electron chi connectivity index (χ4n) is 3.63. The van der Waals surface area contributed by atoms with Gasteiger partial charge in [0.1, 0.15) is 6.10 Å². The van der Waals surface area contributed by atoms with Crippen molar-refractivity contribution in [2.45, 2.75) is 37.8 Å². The summed E-state index contributed by atoms with van der Waals surface area (Å²) in [7, 11) is 3.10. The Morgan fingerprint density at radius 3 is 2.60 bits per heavy atom. The highest BCUT2D eigenvalue weighted by Gasteiger charge is 2.37. The molecular formula is C18H23NO6. The lowest BCUT2D eigenvalue weighted by atomic mass is 9.89. The molecule has 1 amide bonds. The first kappa shape index (κ1) is 17.5. The van der Waals surface area contributed by atoms with Crippen molar-refractivity contribution in [1.29, 1.82) is 0 Å². The predicted octanol–water partition coefficient (Wildman–Crippen LogP) is 1.78. The number of amides is 1. The van der Waals surface area contributed by atoms with Crippen LogP contribution in [-0.2, 0) is 20.7 Å². The number of benzene rings is 1. The number of rotatable bonds is 5. The van der Waals surface area contributed by atoms with Gasteiger partial charge in [-0.05, 0) is 42.5 Å². The van der Waals surface area contributed by atoms with Gasteiger partial charge in [-0.15, -0.1) is 0 Å². The van der Waals surface area contributed by atoms with E-state index in [1.54, 1.807) is 18.1 Å². The molecule has 1 aromatic rings. The minimum atomic E-state index is -0.947. The Balaban J connectivity index is 1.97. The maximum absolute atomic E-state index is 12.8. The van der Waals surface area contributed by atoms with Gasteiger partial charge in [-0.25, -0.2) is 0 Å². The van der Waals surface area contributed by atoms with Gasteiger partial charge in [-0.1, -0.05) is 0 Å². The van der Waals surface area contributed by atoms with Gasteiger partial charge in [0, 0.05) is 13.2 Å². The number of ether oxygens (including phenoxy) is 3. The Kier molecular flexibility index (Phi) is 5.13. The van der Waals surface area contributed by atoms with Crippen LogP contribution in [0.15, 0.2) is 12.1 Å². The van der Waals surface area contributed by atoms with Crippen molar-refractivity contribution in [3.05, 3.63) is 23.3 Å². The Labute approximate surface area is 146 Å². The first-order valence-electron chi connectivity index (χ1n) is 8.43. The molecule has 0 unspecified atom stereocenters. The number of methoxy groups -OCH3 is 2. The SMILES string of the molecule is COc1cc2c(cc1OC)[C@H](CC(=O)O)N(C(=O)[C@@H]1CCCO1)CC2. The Morgan fingerprint density at radius 2 is 2.00 bits per heavy atom. The summed E-state index contributed by atoms with van der Waals surface area (Å²) >= 11 is 0. The van der Waals surface area contributed by atoms with E-state index in [4.69, 9.17) is 14.2 Å². The van der Waals surface area contributed by atoms with Crippen LogP contribution >= 0.6 is 0 Å². The molecule has 2 aliphatic heterocycles. The van der Waals surface area contributed by atoms with Gasteiger partial charge in [0.15, 0.2) is 11.5 Å². The van der Waals surface area contributed by atoms with E-state index in [1.807, 2.05) is 6.07 Å². The van der Waals surface area contributed by atoms with Crippen LogP contribution in [0.3, 0.4) is 0 Å². The number of carboxylic acids is 1. The van der Waals surface area contributed by atoms with E-state index < -0.39 is 18.1 Å². The van der Waals surface area contributed by atoms with Gasteiger partial charge in [-0.3, -0.25) is 9.59 Å². The summed E-state index contributed by atoms with van der Waals surface area (Å²) in [6.07, 6.45) is 1.58. The van der Waals surface area contributed by atoms with E-state index in [9.17, 15) is 14.7 Å². The zero-order chi connectivity index (χ0) is 18.0. The van der Waals surface area contributed by atoms with Crippen molar-refractivity contribution in [2.24, 2.45) is 0 Å². The number of nitrogens with zero attached hydrogens (tertiary/aromatic N) is 1. The molecule has 1 aromatic carbocycles. The van der Waals surface area contributed by atoms with Crippen LogP contribution in [0, 0.1) is 0 Å². The molecule has 0 bridgehead atoms. The first-order chi connectivity index (χ1) is 12.0. The summed E-state index contributed by atoms with van der Waals surface area (Å²) in [5.41, 5.74) is 1.79. The number of fused-ring (bicyclic) bond motifs is 1. The second kappa shape index (κ2) is 7.31. The first-order valence-corrected chi connectivity index (χ1v) is 8.43. The average molecular weight is 349 g/mol. The van der Waals surface area contributed by atoms with Crippen LogP contribution < -0.4 is 9.47 Å². The zero-order valence-corrected chi connectivity index (χ0v) is 14.5. The van der Waals surface area contributed by atoms with E-state index in [1.165, 1.54) is 7.11 Å². The minimum absolute atomic E-state index is 0.121. The third kappa shape index (κ3) is 3.42. The lowest BCUT2D eigenvalue weighted by Crippen LogP contribution is -2.45. The topological polar surface area (TPSA) is 85.3 Å². The van der Waals surface area contributed by atoms with Gasteiger partial charge < -0.3 is 24.2 Å². The quantitative estimate of drug-likeness (QED) is 0.872. The molecule has 1 saturated heterocycles. The minimum Gasteiger partial charge on any atom is -0.493 e. The summed E-state index contributed by atoms with van der Waals surface area (Å²) in [4.78, 5) is 25.9. The number of hydrogen-bond acceptors (Lipinski definition) is 5. The fraction of sp³-hybridized carbons (Fsp3) is 0.556. The third-order valence-corrected chi connectivity index (χ3v) is 4.86. The van der Waals surface area contributed by atoms with Gasteiger partial charge in [-0.2, -0.15) is 0 Å². The smallest absolute Gasteiger partial charge is 0.305 e. The van der Waals surface area contributed by atoms with Gasteiger partial charge >= 0.3 is 5.97 Å². The van der Waals surface area contributed by atoms with E-state index in [0.29, 0.717) is 37.5 Å². The molecule has 2 aliphatic rings. The van der Waals surface area contributed by atoms with Crippen molar-refractivity contribution in [3.63, 3.8) is 0 Å². The van der Waals surface area contributed by atoms with Crippen LogP contribution in [0.4, 0.5) is 0 Å². The van der Waals surface area contributed by atoms with Crippen molar-refractivity contribution < 1.29 is 28.9 Å². The molecule has 0 radical (unpaired) electrons. The molecule has 0 spiro atoms. The van der Waals surface area contributed by atoms with Crippen molar-refractivity contribution >= 4 is 11.9 Å². The average Bonchev–Trinajstić information content (AvgIpc) is 3.14. The molecule has 25 heavy (non-hydrogen) atoms. The van der Waals surface area contributed by atoms with E-state index in [0.717, 1.165) is 17.5 Å². The second-order valence-electron chi connectivity index (χ2n) is 6.30. The summed E-state index contributed by atoms with van der Waals surface area (Å²) in [6.45, 7) is 1.05. The highest BCUT2D eigenvalue weighted by atomic mass is 16.5. The molecule has 2 heterocycles. The molecule has 0 aromatic heterocycles.